The molecule has 0 fully saturated rings. The maximum atomic E-state index is 12.8. The van der Waals surface area contributed by atoms with Gasteiger partial charge in [0.25, 0.3) is 5.91 Å². The third-order valence-corrected chi connectivity index (χ3v) is 3.52. The zero-order chi connectivity index (χ0) is 15.6. The summed E-state index contributed by atoms with van der Waals surface area (Å²) in [5.74, 6) is -0.0150. The van der Waals surface area contributed by atoms with Gasteiger partial charge in [-0.05, 0) is 32.4 Å². The number of nitrogens with two attached hydrogens (primary N) is 1. The lowest BCUT2D eigenvalue weighted by Gasteiger charge is -2.27. The number of aromatic nitrogens is 2. The molecule has 0 spiro atoms. The van der Waals surface area contributed by atoms with Crippen molar-refractivity contribution >= 4 is 11.6 Å². The van der Waals surface area contributed by atoms with Crippen LogP contribution in [0.4, 0.5) is 5.69 Å². The SMILES string of the molecule is Cc1nn(C)cc1C(=O)N(Cc1ccccc1N)C(C)C. The molecule has 2 aromatic rings. The molecule has 0 aliphatic rings. The molecule has 0 radical (unpaired) electrons. The molecule has 0 saturated heterocycles. The second kappa shape index (κ2) is 5.99. The number of carbonyl (C=O) groups is 1. The van der Waals surface area contributed by atoms with Crippen LogP contribution in [-0.4, -0.2) is 26.6 Å². The van der Waals surface area contributed by atoms with Gasteiger partial charge in [-0.3, -0.25) is 9.48 Å². The van der Waals surface area contributed by atoms with Crippen molar-refractivity contribution in [3.63, 3.8) is 0 Å². The predicted octanol–water partition coefficient (Wildman–Crippen LogP) is 2.36. The number of nitrogen functional groups attached to an aromatic ring is 1. The molecular formula is C16H22N4O. The summed E-state index contributed by atoms with van der Waals surface area (Å²) in [5.41, 5.74) is 9.04. The van der Waals surface area contributed by atoms with Crippen molar-refractivity contribution in [2.24, 2.45) is 7.05 Å². The molecule has 0 aliphatic carbocycles. The molecule has 0 atom stereocenters. The van der Waals surface area contributed by atoms with Crippen molar-refractivity contribution in [2.45, 2.75) is 33.4 Å². The molecule has 0 saturated carbocycles. The van der Waals surface area contributed by atoms with Gasteiger partial charge in [0.2, 0.25) is 0 Å². The molecule has 1 aromatic carbocycles. The number of benzene rings is 1. The largest absolute Gasteiger partial charge is 0.398 e. The number of aryl methyl sites for hydroxylation is 2. The van der Waals surface area contributed by atoms with E-state index in [9.17, 15) is 4.79 Å². The van der Waals surface area contributed by atoms with Gasteiger partial charge in [0.15, 0.2) is 0 Å². The Morgan fingerprint density at radius 1 is 1.38 bits per heavy atom. The number of anilines is 1. The van der Waals surface area contributed by atoms with E-state index in [-0.39, 0.29) is 11.9 Å². The van der Waals surface area contributed by atoms with Crippen LogP contribution < -0.4 is 5.73 Å². The van der Waals surface area contributed by atoms with Crippen molar-refractivity contribution in [2.75, 3.05) is 5.73 Å². The molecule has 112 valence electrons. The lowest BCUT2D eigenvalue weighted by molar-refractivity contribution is 0.0690. The van der Waals surface area contributed by atoms with Crippen molar-refractivity contribution in [3.05, 3.63) is 47.3 Å². The Morgan fingerprint density at radius 3 is 2.57 bits per heavy atom. The second-order valence-electron chi connectivity index (χ2n) is 5.53. The van der Waals surface area contributed by atoms with Gasteiger partial charge in [-0.1, -0.05) is 18.2 Å². The van der Waals surface area contributed by atoms with Gasteiger partial charge in [-0.25, -0.2) is 0 Å². The predicted molar refractivity (Wildman–Crippen MR) is 83.8 cm³/mol. The van der Waals surface area contributed by atoms with Crippen LogP contribution in [0.2, 0.25) is 0 Å². The van der Waals surface area contributed by atoms with Crippen LogP contribution in [0.3, 0.4) is 0 Å². The fourth-order valence-corrected chi connectivity index (χ4v) is 2.31. The topological polar surface area (TPSA) is 64.2 Å². The number of nitrogens with zero attached hydrogens (tertiary/aromatic N) is 3. The summed E-state index contributed by atoms with van der Waals surface area (Å²) >= 11 is 0. The lowest BCUT2D eigenvalue weighted by Crippen LogP contribution is -2.36. The average Bonchev–Trinajstić information content (AvgIpc) is 2.75. The number of rotatable bonds is 4. The van der Waals surface area contributed by atoms with Crippen molar-refractivity contribution in [3.8, 4) is 0 Å². The fourth-order valence-electron chi connectivity index (χ4n) is 2.31. The van der Waals surface area contributed by atoms with Crippen LogP contribution in [0.1, 0.15) is 35.5 Å². The molecule has 1 aromatic heterocycles. The molecular weight excluding hydrogens is 264 g/mol. The highest BCUT2D eigenvalue weighted by Gasteiger charge is 2.22. The van der Waals surface area contributed by atoms with E-state index in [0.29, 0.717) is 17.8 Å². The number of para-hydroxylation sites is 1. The summed E-state index contributed by atoms with van der Waals surface area (Å²) in [6, 6.07) is 7.72. The molecule has 1 amide bonds. The summed E-state index contributed by atoms with van der Waals surface area (Å²) in [7, 11) is 1.82. The van der Waals surface area contributed by atoms with Gasteiger partial charge in [0.1, 0.15) is 0 Å². The summed E-state index contributed by atoms with van der Waals surface area (Å²) in [5, 5.41) is 4.24. The van der Waals surface area contributed by atoms with Gasteiger partial charge >= 0.3 is 0 Å². The average molecular weight is 286 g/mol. The van der Waals surface area contributed by atoms with Gasteiger partial charge in [0.05, 0.1) is 11.3 Å². The minimum Gasteiger partial charge on any atom is -0.398 e. The van der Waals surface area contributed by atoms with Crippen molar-refractivity contribution in [1.29, 1.82) is 0 Å². The standard InChI is InChI=1S/C16H22N4O/c1-11(2)20(9-13-7-5-6-8-15(13)17)16(21)14-10-19(4)18-12(14)3/h5-8,10-11H,9,17H2,1-4H3. The van der Waals surface area contributed by atoms with Crippen LogP contribution in [0.15, 0.2) is 30.5 Å². The summed E-state index contributed by atoms with van der Waals surface area (Å²) in [6.07, 6.45) is 1.77. The number of carbonyl (C=O) groups excluding carboxylic acids is 1. The van der Waals surface area contributed by atoms with Crippen LogP contribution in [-0.2, 0) is 13.6 Å². The van der Waals surface area contributed by atoms with E-state index >= 15 is 0 Å². The normalized spacial score (nSPS) is 10.9. The summed E-state index contributed by atoms with van der Waals surface area (Å²) in [4.78, 5) is 14.6. The zero-order valence-corrected chi connectivity index (χ0v) is 13.0. The Bertz CT molecular complexity index is 645. The zero-order valence-electron chi connectivity index (χ0n) is 13.0. The van der Waals surface area contributed by atoms with Crippen LogP contribution in [0, 0.1) is 6.92 Å². The molecule has 5 heteroatoms. The molecule has 2 rings (SSSR count). The molecule has 0 bridgehead atoms. The Kier molecular flexibility index (Phi) is 4.31. The maximum absolute atomic E-state index is 12.8. The molecule has 0 unspecified atom stereocenters. The Hall–Kier alpha value is -2.30. The van der Waals surface area contributed by atoms with Gasteiger partial charge in [0, 0.05) is 31.5 Å². The third-order valence-electron chi connectivity index (χ3n) is 3.52. The van der Waals surface area contributed by atoms with Crippen LogP contribution in [0.5, 0.6) is 0 Å². The Labute approximate surface area is 125 Å². The molecule has 2 N–H and O–H groups in total. The summed E-state index contributed by atoms with van der Waals surface area (Å²) < 4.78 is 1.66. The van der Waals surface area contributed by atoms with E-state index in [4.69, 9.17) is 5.73 Å². The first kappa shape index (κ1) is 15.1. The smallest absolute Gasteiger partial charge is 0.257 e. The monoisotopic (exact) mass is 286 g/mol. The Balaban J connectivity index is 2.29. The fraction of sp³-hybridized carbons (Fsp3) is 0.375. The first-order valence-corrected chi connectivity index (χ1v) is 7.04. The number of hydrogen-bond donors (Lipinski definition) is 1. The van der Waals surface area contributed by atoms with E-state index in [0.717, 1.165) is 11.3 Å². The van der Waals surface area contributed by atoms with E-state index < -0.39 is 0 Å². The molecule has 1 heterocycles. The van der Waals surface area contributed by atoms with Crippen molar-refractivity contribution in [1.82, 2.24) is 14.7 Å². The van der Waals surface area contributed by atoms with E-state index in [2.05, 4.69) is 5.10 Å². The van der Waals surface area contributed by atoms with E-state index in [1.807, 2.05) is 57.0 Å². The van der Waals surface area contributed by atoms with E-state index in [1.54, 1.807) is 10.9 Å². The summed E-state index contributed by atoms with van der Waals surface area (Å²) in [6.45, 7) is 6.35. The van der Waals surface area contributed by atoms with Gasteiger partial charge in [-0.2, -0.15) is 5.10 Å². The maximum Gasteiger partial charge on any atom is 0.257 e. The van der Waals surface area contributed by atoms with Crippen LogP contribution >= 0.6 is 0 Å². The van der Waals surface area contributed by atoms with Crippen LogP contribution in [0.25, 0.3) is 0 Å². The number of amides is 1. The highest BCUT2D eigenvalue weighted by atomic mass is 16.2. The minimum absolute atomic E-state index is 0.0150. The van der Waals surface area contributed by atoms with E-state index in [1.165, 1.54) is 0 Å². The highest BCUT2D eigenvalue weighted by Crippen LogP contribution is 2.18. The van der Waals surface area contributed by atoms with Gasteiger partial charge < -0.3 is 10.6 Å². The highest BCUT2D eigenvalue weighted by molar-refractivity contribution is 5.95. The molecule has 21 heavy (non-hydrogen) atoms. The quantitative estimate of drug-likeness (QED) is 0.878. The van der Waals surface area contributed by atoms with Gasteiger partial charge in [-0.15, -0.1) is 0 Å². The second-order valence-corrected chi connectivity index (χ2v) is 5.53. The first-order valence-electron chi connectivity index (χ1n) is 7.04. The Morgan fingerprint density at radius 2 is 2.05 bits per heavy atom. The third kappa shape index (κ3) is 3.24. The lowest BCUT2D eigenvalue weighted by atomic mass is 10.1. The molecule has 0 aliphatic heterocycles. The number of hydrogen-bond acceptors (Lipinski definition) is 3. The van der Waals surface area contributed by atoms with Crippen molar-refractivity contribution < 1.29 is 4.79 Å². The molecule has 5 nitrogen and oxygen atoms in total. The first-order chi connectivity index (χ1) is 9.90. The minimum atomic E-state index is -0.0150.